The van der Waals surface area contributed by atoms with Crippen molar-refractivity contribution in [2.24, 2.45) is 0 Å². The molecular weight excluding hydrogens is 242 g/mol. The maximum absolute atomic E-state index is 12.1. The average molecular weight is 261 g/mol. The zero-order valence-corrected chi connectivity index (χ0v) is 11.3. The third-order valence-electron chi connectivity index (χ3n) is 2.92. The highest BCUT2D eigenvalue weighted by molar-refractivity contribution is 5.88. The Morgan fingerprint density at radius 2 is 2.11 bits per heavy atom. The molecule has 0 saturated carbocycles. The van der Waals surface area contributed by atoms with Crippen molar-refractivity contribution in [3.05, 3.63) is 47.5 Å². The van der Waals surface area contributed by atoms with E-state index in [0.717, 1.165) is 16.7 Å². The van der Waals surface area contributed by atoms with Gasteiger partial charge in [0, 0.05) is 6.54 Å². The van der Waals surface area contributed by atoms with Crippen LogP contribution in [0.15, 0.2) is 30.9 Å². The van der Waals surface area contributed by atoms with Crippen LogP contribution in [-0.2, 0) is 9.59 Å². The molecule has 0 radical (unpaired) electrons. The molecule has 1 aromatic carbocycles. The van der Waals surface area contributed by atoms with Crippen LogP contribution in [0.2, 0.25) is 0 Å². The Labute approximate surface area is 113 Å². The lowest BCUT2D eigenvalue weighted by Crippen LogP contribution is -2.31. The van der Waals surface area contributed by atoms with Crippen molar-refractivity contribution in [1.29, 1.82) is 0 Å². The van der Waals surface area contributed by atoms with E-state index in [-0.39, 0.29) is 12.3 Å². The van der Waals surface area contributed by atoms with Gasteiger partial charge in [-0.3, -0.25) is 9.59 Å². The molecule has 1 unspecified atom stereocenters. The fraction of sp³-hybridized carbons (Fsp3) is 0.333. The summed E-state index contributed by atoms with van der Waals surface area (Å²) in [5, 5.41) is 11.6. The lowest BCUT2D eigenvalue weighted by molar-refractivity contribution is -0.139. The molecule has 2 N–H and O–H groups in total. The first-order valence-corrected chi connectivity index (χ1v) is 6.13. The quantitative estimate of drug-likeness (QED) is 0.771. The summed E-state index contributed by atoms with van der Waals surface area (Å²) in [7, 11) is 0. The summed E-state index contributed by atoms with van der Waals surface area (Å²) in [6, 6.07) is 5.66. The summed E-state index contributed by atoms with van der Waals surface area (Å²) in [4.78, 5) is 23.0. The smallest absolute Gasteiger partial charge is 0.304 e. The number of hydrogen-bond acceptors (Lipinski definition) is 2. The molecule has 0 saturated heterocycles. The van der Waals surface area contributed by atoms with Crippen molar-refractivity contribution in [1.82, 2.24) is 5.32 Å². The minimum Gasteiger partial charge on any atom is -0.481 e. The Morgan fingerprint density at radius 3 is 2.63 bits per heavy atom. The van der Waals surface area contributed by atoms with Crippen molar-refractivity contribution in [2.75, 3.05) is 6.54 Å². The highest BCUT2D eigenvalue weighted by Crippen LogP contribution is 2.24. The van der Waals surface area contributed by atoms with Crippen LogP contribution >= 0.6 is 0 Å². The van der Waals surface area contributed by atoms with Crippen molar-refractivity contribution in [3.63, 3.8) is 0 Å². The number of carbonyl (C=O) groups is 2. The Hall–Kier alpha value is -2.10. The van der Waals surface area contributed by atoms with Gasteiger partial charge in [-0.05, 0) is 25.0 Å². The number of aliphatic carboxylic acids is 1. The highest BCUT2D eigenvalue weighted by atomic mass is 16.4. The van der Waals surface area contributed by atoms with Crippen molar-refractivity contribution in [2.45, 2.75) is 26.2 Å². The van der Waals surface area contributed by atoms with Crippen LogP contribution < -0.4 is 5.32 Å². The molecule has 1 rings (SSSR count). The predicted molar refractivity (Wildman–Crippen MR) is 74.1 cm³/mol. The lowest BCUT2D eigenvalue weighted by Gasteiger charge is -2.17. The minimum atomic E-state index is -0.987. The van der Waals surface area contributed by atoms with Crippen molar-refractivity contribution in [3.8, 4) is 0 Å². The van der Waals surface area contributed by atoms with E-state index in [9.17, 15) is 9.59 Å². The van der Waals surface area contributed by atoms with Gasteiger partial charge in [-0.25, -0.2) is 0 Å². The molecule has 0 heterocycles. The highest BCUT2D eigenvalue weighted by Gasteiger charge is 2.24. The molecule has 0 aromatic heterocycles. The van der Waals surface area contributed by atoms with E-state index in [1.165, 1.54) is 0 Å². The Balaban J connectivity index is 3.04. The molecule has 0 bridgehead atoms. The first-order valence-electron chi connectivity index (χ1n) is 6.13. The van der Waals surface area contributed by atoms with E-state index in [0.29, 0.717) is 6.54 Å². The third-order valence-corrected chi connectivity index (χ3v) is 2.92. The summed E-state index contributed by atoms with van der Waals surface area (Å²) in [5.74, 6) is -1.94. The van der Waals surface area contributed by atoms with Crippen LogP contribution in [0, 0.1) is 13.8 Å². The number of amides is 1. The van der Waals surface area contributed by atoms with Gasteiger partial charge in [-0.2, -0.15) is 0 Å². The van der Waals surface area contributed by atoms with Gasteiger partial charge in [0.2, 0.25) is 5.91 Å². The van der Waals surface area contributed by atoms with Crippen molar-refractivity contribution >= 4 is 11.9 Å². The van der Waals surface area contributed by atoms with Gasteiger partial charge in [-0.15, -0.1) is 6.58 Å². The summed E-state index contributed by atoms with van der Waals surface area (Å²) < 4.78 is 0. The zero-order chi connectivity index (χ0) is 14.4. The van der Waals surface area contributed by atoms with E-state index in [2.05, 4.69) is 11.9 Å². The van der Waals surface area contributed by atoms with E-state index in [1.807, 2.05) is 32.0 Å². The van der Waals surface area contributed by atoms with E-state index >= 15 is 0 Å². The minimum absolute atomic E-state index is 0.215. The van der Waals surface area contributed by atoms with Gasteiger partial charge < -0.3 is 10.4 Å². The molecule has 0 spiro atoms. The maximum atomic E-state index is 12.1. The van der Waals surface area contributed by atoms with Crippen LogP contribution in [0.1, 0.15) is 29.0 Å². The van der Waals surface area contributed by atoms with E-state index in [1.54, 1.807) is 6.08 Å². The topological polar surface area (TPSA) is 66.4 Å². The molecule has 102 valence electrons. The second-order valence-electron chi connectivity index (χ2n) is 4.54. The molecule has 1 aromatic rings. The van der Waals surface area contributed by atoms with Crippen LogP contribution in [0.5, 0.6) is 0 Å². The normalized spacial score (nSPS) is 11.7. The molecule has 1 amide bonds. The second-order valence-corrected chi connectivity index (χ2v) is 4.54. The molecule has 4 nitrogen and oxygen atoms in total. The number of carboxylic acids is 1. The molecule has 0 aliphatic carbocycles. The average Bonchev–Trinajstić information content (AvgIpc) is 2.33. The molecule has 4 heteroatoms. The molecule has 19 heavy (non-hydrogen) atoms. The number of carbonyl (C=O) groups excluding carboxylic acids is 1. The van der Waals surface area contributed by atoms with Gasteiger partial charge in [0.1, 0.15) is 0 Å². The van der Waals surface area contributed by atoms with E-state index < -0.39 is 11.9 Å². The van der Waals surface area contributed by atoms with Crippen LogP contribution in [0.3, 0.4) is 0 Å². The van der Waals surface area contributed by atoms with Crippen molar-refractivity contribution < 1.29 is 14.7 Å². The van der Waals surface area contributed by atoms with Gasteiger partial charge >= 0.3 is 5.97 Å². The first kappa shape index (κ1) is 15.0. The first-order chi connectivity index (χ1) is 8.95. The standard InChI is InChI=1S/C15H19NO3/c1-4-7-16-15(19)13(9-14(17)18)12-6-5-10(2)8-11(12)3/h4-6,8,13H,1,7,9H2,2-3H3,(H,16,19)(H,17,18). The maximum Gasteiger partial charge on any atom is 0.304 e. The van der Waals surface area contributed by atoms with Crippen LogP contribution in [-0.4, -0.2) is 23.5 Å². The lowest BCUT2D eigenvalue weighted by atomic mass is 9.90. The monoisotopic (exact) mass is 261 g/mol. The number of nitrogens with one attached hydrogen (secondary N) is 1. The number of aryl methyl sites for hydroxylation is 2. The zero-order valence-electron chi connectivity index (χ0n) is 11.3. The van der Waals surface area contributed by atoms with Crippen LogP contribution in [0.25, 0.3) is 0 Å². The fourth-order valence-corrected chi connectivity index (χ4v) is 2.03. The number of hydrogen-bond donors (Lipinski definition) is 2. The summed E-state index contributed by atoms with van der Waals surface area (Å²) >= 11 is 0. The Morgan fingerprint density at radius 1 is 1.42 bits per heavy atom. The summed E-state index contributed by atoms with van der Waals surface area (Å²) in [6.45, 7) is 7.70. The van der Waals surface area contributed by atoms with Gasteiger partial charge in [0.05, 0.1) is 12.3 Å². The molecule has 0 aliphatic heterocycles. The summed E-state index contributed by atoms with van der Waals surface area (Å²) in [6.07, 6.45) is 1.35. The SMILES string of the molecule is C=CCNC(=O)C(CC(=O)O)c1ccc(C)cc1C. The Kier molecular flexibility index (Phi) is 5.30. The third kappa shape index (κ3) is 4.25. The van der Waals surface area contributed by atoms with Crippen LogP contribution in [0.4, 0.5) is 0 Å². The fourth-order valence-electron chi connectivity index (χ4n) is 2.03. The molecule has 1 atom stereocenters. The molecule has 0 fully saturated rings. The van der Waals surface area contributed by atoms with Gasteiger partial charge in [-0.1, -0.05) is 29.8 Å². The number of benzene rings is 1. The Bertz CT molecular complexity index is 494. The molecule has 0 aliphatic rings. The number of rotatable bonds is 6. The predicted octanol–water partition coefficient (Wildman–Crippen LogP) is 2.16. The van der Waals surface area contributed by atoms with Gasteiger partial charge in [0.25, 0.3) is 0 Å². The van der Waals surface area contributed by atoms with E-state index in [4.69, 9.17) is 5.11 Å². The summed E-state index contributed by atoms with van der Waals surface area (Å²) in [5.41, 5.74) is 2.77. The molecular formula is C15H19NO3. The largest absolute Gasteiger partial charge is 0.481 e. The number of carboxylic acid groups (broad SMARTS) is 1. The second kappa shape index (κ2) is 6.73. The van der Waals surface area contributed by atoms with Gasteiger partial charge in [0.15, 0.2) is 0 Å².